The van der Waals surface area contributed by atoms with Gasteiger partial charge in [0.15, 0.2) is 0 Å². The van der Waals surface area contributed by atoms with E-state index in [1.54, 1.807) is 13.0 Å². The Kier molecular flexibility index (Phi) is 7.67. The normalized spacial score (nSPS) is 12.2. The summed E-state index contributed by atoms with van der Waals surface area (Å²) in [5.41, 5.74) is 0.318. The molecule has 1 atom stereocenters. The highest BCUT2D eigenvalue weighted by Crippen LogP contribution is 2.37. The number of benzene rings is 1. The van der Waals surface area contributed by atoms with E-state index >= 15 is 0 Å². The lowest BCUT2D eigenvalue weighted by Crippen LogP contribution is -2.05. The van der Waals surface area contributed by atoms with E-state index in [0.29, 0.717) is 16.6 Å². The highest BCUT2D eigenvalue weighted by atomic mass is 79.9. The first kappa shape index (κ1) is 17.9. The fourth-order valence-electron chi connectivity index (χ4n) is 2.08. The van der Waals surface area contributed by atoms with Crippen LogP contribution in [0.25, 0.3) is 0 Å². The Hall–Kier alpha value is -1.14. The minimum Gasteiger partial charge on any atom is -0.487 e. The summed E-state index contributed by atoms with van der Waals surface area (Å²) in [6.45, 7) is 4.14. The molecule has 0 radical (unpaired) electrons. The van der Waals surface area contributed by atoms with Crippen LogP contribution in [0, 0.1) is 10.1 Å². The van der Waals surface area contributed by atoms with E-state index in [1.165, 1.54) is 18.9 Å². The van der Waals surface area contributed by atoms with Gasteiger partial charge in [0.25, 0.3) is 0 Å². The van der Waals surface area contributed by atoms with Gasteiger partial charge in [-0.1, -0.05) is 48.5 Å². The molecule has 0 amide bonds. The first-order chi connectivity index (χ1) is 9.97. The summed E-state index contributed by atoms with van der Waals surface area (Å²) in [7, 11) is 0. The van der Waals surface area contributed by atoms with Gasteiger partial charge in [-0.05, 0) is 19.4 Å². The molecule has 1 aromatic rings. The number of unbranched alkanes of at least 4 members (excludes halogenated alkanes) is 4. The number of nitrogens with zero attached hydrogens (tertiary/aromatic N) is 1. The Morgan fingerprint density at radius 2 is 2.00 bits per heavy atom. The van der Waals surface area contributed by atoms with Crippen molar-refractivity contribution in [2.24, 2.45) is 0 Å². The molecule has 21 heavy (non-hydrogen) atoms. The summed E-state index contributed by atoms with van der Waals surface area (Å²) in [5, 5.41) is 20.9. The van der Waals surface area contributed by atoms with Gasteiger partial charge in [0.2, 0.25) is 5.75 Å². The second kappa shape index (κ2) is 9.00. The largest absolute Gasteiger partial charge is 0.487 e. The average Bonchev–Trinajstić information content (AvgIpc) is 2.42. The second-order valence-electron chi connectivity index (χ2n) is 5.04. The molecule has 0 bridgehead atoms. The maximum Gasteiger partial charge on any atom is 0.312 e. The molecule has 0 saturated heterocycles. The molecule has 1 unspecified atom stereocenters. The van der Waals surface area contributed by atoms with Crippen molar-refractivity contribution in [1.82, 2.24) is 0 Å². The third-order valence-corrected chi connectivity index (χ3v) is 3.66. The van der Waals surface area contributed by atoms with Gasteiger partial charge in [-0.15, -0.1) is 0 Å². The monoisotopic (exact) mass is 359 g/mol. The minimum absolute atomic E-state index is 0.117. The van der Waals surface area contributed by atoms with E-state index < -0.39 is 11.0 Å². The second-order valence-corrected chi connectivity index (χ2v) is 5.95. The van der Waals surface area contributed by atoms with Crippen LogP contribution in [0.2, 0.25) is 0 Å². The number of aliphatic hydroxyl groups is 1. The van der Waals surface area contributed by atoms with Crippen molar-refractivity contribution in [3.63, 3.8) is 0 Å². The van der Waals surface area contributed by atoms with Crippen LogP contribution in [0.3, 0.4) is 0 Å². The van der Waals surface area contributed by atoms with E-state index in [-0.39, 0.29) is 11.4 Å². The minimum atomic E-state index is -0.823. The van der Waals surface area contributed by atoms with Gasteiger partial charge < -0.3 is 9.84 Å². The first-order valence-electron chi connectivity index (χ1n) is 7.26. The summed E-state index contributed by atoms with van der Waals surface area (Å²) >= 11 is 3.22. The standard InChI is InChI=1S/C15H22BrNO4/c1-3-4-5-6-7-8-21-15-13(11(2)18)9-12(16)10-14(15)17(19)20/h9-11,18H,3-8H2,1-2H3. The number of hydrogen-bond acceptors (Lipinski definition) is 4. The maximum absolute atomic E-state index is 11.1. The summed E-state index contributed by atoms with van der Waals surface area (Å²) in [5.74, 6) is 0.175. The SMILES string of the molecule is CCCCCCCOc1c(C(C)O)cc(Br)cc1[N+](=O)[O-]. The predicted molar refractivity (Wildman–Crippen MR) is 85.7 cm³/mol. The Bertz CT molecular complexity index is 477. The molecule has 0 aliphatic carbocycles. The molecule has 0 saturated carbocycles. The summed E-state index contributed by atoms with van der Waals surface area (Å²) in [6.07, 6.45) is 4.58. The van der Waals surface area contributed by atoms with Crippen molar-refractivity contribution >= 4 is 21.6 Å². The lowest BCUT2D eigenvalue weighted by atomic mass is 10.1. The number of hydrogen-bond donors (Lipinski definition) is 1. The molecule has 0 heterocycles. The van der Waals surface area contributed by atoms with E-state index in [0.717, 1.165) is 19.3 Å². The van der Waals surface area contributed by atoms with Crippen LogP contribution in [-0.2, 0) is 0 Å². The van der Waals surface area contributed by atoms with Gasteiger partial charge in [0.05, 0.1) is 17.6 Å². The lowest BCUT2D eigenvalue weighted by molar-refractivity contribution is -0.386. The van der Waals surface area contributed by atoms with Crippen LogP contribution in [0.5, 0.6) is 5.75 Å². The molecule has 5 nitrogen and oxygen atoms in total. The lowest BCUT2D eigenvalue weighted by Gasteiger charge is -2.14. The molecule has 0 aromatic heterocycles. The molecular weight excluding hydrogens is 338 g/mol. The van der Waals surface area contributed by atoms with Crippen LogP contribution in [-0.4, -0.2) is 16.6 Å². The van der Waals surface area contributed by atoms with Gasteiger partial charge in [0.1, 0.15) is 0 Å². The Morgan fingerprint density at radius 1 is 1.33 bits per heavy atom. The van der Waals surface area contributed by atoms with Crippen LogP contribution in [0.4, 0.5) is 5.69 Å². The quantitative estimate of drug-likeness (QED) is 0.391. The van der Waals surface area contributed by atoms with Crippen LogP contribution in [0.1, 0.15) is 57.6 Å². The Labute approximate surface area is 133 Å². The number of halogens is 1. The van der Waals surface area contributed by atoms with Crippen LogP contribution < -0.4 is 4.74 Å². The topological polar surface area (TPSA) is 72.6 Å². The molecule has 1 aromatic carbocycles. The van der Waals surface area contributed by atoms with Gasteiger partial charge in [0, 0.05) is 16.1 Å². The fourth-order valence-corrected chi connectivity index (χ4v) is 2.55. The van der Waals surface area contributed by atoms with Crippen molar-refractivity contribution < 1.29 is 14.8 Å². The highest BCUT2D eigenvalue weighted by Gasteiger charge is 2.23. The maximum atomic E-state index is 11.1. The van der Waals surface area contributed by atoms with Gasteiger partial charge in [-0.3, -0.25) is 10.1 Å². The predicted octanol–water partition coefficient (Wildman–Crippen LogP) is 4.76. The summed E-state index contributed by atoms with van der Waals surface area (Å²) in [4.78, 5) is 10.7. The molecule has 0 spiro atoms. The number of nitro benzene ring substituents is 1. The Morgan fingerprint density at radius 3 is 2.57 bits per heavy atom. The molecule has 118 valence electrons. The van der Waals surface area contributed by atoms with E-state index in [9.17, 15) is 15.2 Å². The zero-order chi connectivity index (χ0) is 15.8. The third kappa shape index (κ3) is 5.63. The summed E-state index contributed by atoms with van der Waals surface area (Å²) < 4.78 is 6.16. The molecule has 1 rings (SSSR count). The number of aliphatic hydroxyl groups excluding tert-OH is 1. The zero-order valence-corrected chi connectivity index (χ0v) is 14.1. The smallest absolute Gasteiger partial charge is 0.312 e. The van der Waals surface area contributed by atoms with E-state index in [1.807, 2.05) is 0 Å². The molecule has 6 heteroatoms. The summed E-state index contributed by atoms with van der Waals surface area (Å²) in [6, 6.07) is 3.06. The number of ether oxygens (including phenoxy) is 1. The van der Waals surface area contributed by atoms with E-state index in [2.05, 4.69) is 22.9 Å². The third-order valence-electron chi connectivity index (χ3n) is 3.20. The van der Waals surface area contributed by atoms with E-state index in [4.69, 9.17) is 4.74 Å². The van der Waals surface area contributed by atoms with Crippen LogP contribution >= 0.6 is 15.9 Å². The van der Waals surface area contributed by atoms with Crippen molar-refractivity contribution in [3.05, 3.63) is 32.3 Å². The fraction of sp³-hybridized carbons (Fsp3) is 0.600. The average molecular weight is 360 g/mol. The van der Waals surface area contributed by atoms with Crippen molar-refractivity contribution in [2.75, 3.05) is 6.61 Å². The molecule has 0 aliphatic rings. The number of rotatable bonds is 9. The van der Waals surface area contributed by atoms with Gasteiger partial charge >= 0.3 is 5.69 Å². The molecular formula is C15H22BrNO4. The van der Waals surface area contributed by atoms with Gasteiger partial charge in [-0.25, -0.2) is 0 Å². The van der Waals surface area contributed by atoms with Crippen molar-refractivity contribution in [1.29, 1.82) is 0 Å². The zero-order valence-electron chi connectivity index (χ0n) is 12.5. The Balaban J connectivity index is 2.80. The van der Waals surface area contributed by atoms with Crippen LogP contribution in [0.15, 0.2) is 16.6 Å². The highest BCUT2D eigenvalue weighted by molar-refractivity contribution is 9.10. The van der Waals surface area contributed by atoms with Crippen molar-refractivity contribution in [2.45, 2.75) is 52.1 Å². The van der Waals surface area contributed by atoms with Gasteiger partial charge in [-0.2, -0.15) is 0 Å². The molecule has 0 aliphatic heterocycles. The first-order valence-corrected chi connectivity index (χ1v) is 8.05. The number of nitro groups is 1. The van der Waals surface area contributed by atoms with Crippen molar-refractivity contribution in [3.8, 4) is 5.75 Å². The molecule has 1 N–H and O–H groups in total. The molecule has 0 fully saturated rings.